The summed E-state index contributed by atoms with van der Waals surface area (Å²) in [5.74, 6) is -1.81. The van der Waals surface area contributed by atoms with Gasteiger partial charge >= 0.3 is 0 Å². The van der Waals surface area contributed by atoms with Gasteiger partial charge < -0.3 is 15.5 Å². The first-order valence-corrected chi connectivity index (χ1v) is 16.0. The molecule has 11 heteroatoms. The maximum absolute atomic E-state index is 16.3. The van der Waals surface area contributed by atoms with E-state index in [2.05, 4.69) is 31.0 Å². The lowest BCUT2D eigenvalue weighted by Gasteiger charge is -2.44. The molecule has 2 aliphatic heterocycles. The van der Waals surface area contributed by atoms with Gasteiger partial charge in [-0.05, 0) is 52.3 Å². The van der Waals surface area contributed by atoms with Gasteiger partial charge in [0.2, 0.25) is 5.91 Å². The van der Waals surface area contributed by atoms with E-state index in [1.165, 1.54) is 6.07 Å². The summed E-state index contributed by atoms with van der Waals surface area (Å²) in [7, 11) is 0. The second kappa shape index (κ2) is 19.2. The lowest BCUT2D eigenvalue weighted by atomic mass is 9.62. The zero-order valence-electron chi connectivity index (χ0n) is 26.9. The topological polar surface area (TPSA) is 72.8 Å². The van der Waals surface area contributed by atoms with Crippen LogP contribution in [0.5, 0.6) is 0 Å². The van der Waals surface area contributed by atoms with Crippen molar-refractivity contribution < 1.29 is 19.4 Å². The molecule has 0 aromatic heterocycles. The van der Waals surface area contributed by atoms with Crippen LogP contribution in [0.3, 0.4) is 0 Å². The van der Waals surface area contributed by atoms with Crippen LogP contribution < -0.4 is 5.32 Å². The number of halogens is 3. The molecule has 2 heterocycles. The molecule has 1 fully saturated rings. The van der Waals surface area contributed by atoms with E-state index in [1.54, 1.807) is 24.3 Å². The molecule has 6 atom stereocenters. The summed E-state index contributed by atoms with van der Waals surface area (Å²) in [5.41, 5.74) is 1.29. The maximum atomic E-state index is 16.3. The van der Waals surface area contributed by atoms with Crippen LogP contribution in [0.1, 0.15) is 89.8 Å². The molecular formula is C40H55Cl2FN2O3S3. The Hall–Kier alpha value is -2.21. The third-order valence-corrected chi connectivity index (χ3v) is 9.93. The highest BCUT2D eigenvalue weighted by Gasteiger charge is 2.69. The van der Waals surface area contributed by atoms with Crippen molar-refractivity contribution in [2.45, 2.75) is 85.0 Å². The third kappa shape index (κ3) is 8.62. The first-order valence-electron chi connectivity index (χ1n) is 15.2. The smallest absolute Gasteiger partial charge is 0.237 e. The highest BCUT2D eigenvalue weighted by Crippen LogP contribution is 2.62. The molecule has 0 bridgehead atoms. The van der Waals surface area contributed by atoms with Crippen LogP contribution in [0.2, 0.25) is 10.0 Å². The van der Waals surface area contributed by atoms with Crippen LogP contribution in [0.25, 0.3) is 0 Å². The number of hydrogen-bond acceptors (Lipinski definition) is 4. The first kappa shape index (κ1) is 48.8. The minimum atomic E-state index is -1.37. The maximum Gasteiger partial charge on any atom is 0.237 e. The molecule has 1 spiro atoms. The number of nitrogens with zero attached hydrogens (tertiary/aromatic N) is 1. The minimum Gasteiger partial charge on any atom is -0.395 e. The highest BCUT2D eigenvalue weighted by molar-refractivity contribution is 7.59. The molecule has 4 aromatic carbocycles. The number of benzene rings is 4. The van der Waals surface area contributed by atoms with E-state index in [-0.39, 0.29) is 84.7 Å². The summed E-state index contributed by atoms with van der Waals surface area (Å²) in [6.07, 6.45) is -0.554. The summed E-state index contributed by atoms with van der Waals surface area (Å²) in [5, 5.41) is 27.1. The Balaban J connectivity index is 0.00000417. The summed E-state index contributed by atoms with van der Waals surface area (Å²) in [6.45, 7) is 5.89. The van der Waals surface area contributed by atoms with E-state index in [1.807, 2.05) is 66.7 Å². The molecule has 2 aliphatic rings. The fourth-order valence-corrected chi connectivity index (χ4v) is 8.13. The number of nitrogens with one attached hydrogen (secondary N) is 1. The van der Waals surface area contributed by atoms with Crippen molar-refractivity contribution in [3.05, 3.63) is 135 Å². The van der Waals surface area contributed by atoms with E-state index >= 15 is 4.39 Å². The van der Waals surface area contributed by atoms with E-state index < -0.39 is 48.0 Å². The molecule has 0 unspecified atom stereocenters. The molecule has 0 aliphatic carbocycles. The van der Waals surface area contributed by atoms with Crippen molar-refractivity contribution in [3.8, 4) is 0 Å². The monoisotopic (exact) mass is 796 g/mol. The van der Waals surface area contributed by atoms with E-state index in [4.69, 9.17) is 23.2 Å². The summed E-state index contributed by atoms with van der Waals surface area (Å²) >= 11 is 12.8. The normalized spacial score (nSPS) is 21.6. The van der Waals surface area contributed by atoms with Crippen LogP contribution in [-0.2, 0) is 10.2 Å². The third-order valence-electron chi connectivity index (χ3n) is 9.41. The van der Waals surface area contributed by atoms with Crippen LogP contribution in [0.4, 0.5) is 10.1 Å². The average molecular weight is 798 g/mol. The zero-order valence-corrected chi connectivity index (χ0v) is 31.4. The predicted molar refractivity (Wildman–Crippen MR) is 228 cm³/mol. The molecule has 4 aromatic rings. The first-order chi connectivity index (χ1) is 21.5. The Bertz CT molecular complexity index is 1710. The van der Waals surface area contributed by atoms with Crippen molar-refractivity contribution in [3.63, 3.8) is 0 Å². The van der Waals surface area contributed by atoms with Crippen molar-refractivity contribution in [1.82, 2.24) is 4.90 Å². The number of aliphatic hydroxyl groups is 2. The van der Waals surface area contributed by atoms with Gasteiger partial charge in [-0.2, -0.15) is 40.5 Å². The average Bonchev–Trinajstić information content (AvgIpc) is 3.45. The van der Waals surface area contributed by atoms with Crippen LogP contribution in [-0.4, -0.2) is 39.7 Å². The second-order valence-electron chi connectivity index (χ2n) is 13.3. The van der Waals surface area contributed by atoms with E-state index in [0.717, 1.165) is 5.56 Å². The number of hydrogen-bond donors (Lipinski definition) is 3. The zero-order chi connectivity index (χ0) is 32.1. The molecule has 282 valence electrons. The molecule has 1 amide bonds. The standard InChI is InChI=1S/C37H37Cl2FN2O3.3CH4.3H2S/c1-36(2,3)20-30-37(26-18-17-24(38)19-28(26)41-35(37)45)31(25-15-10-16-27(39)32(25)40)29(21-43)42(30)33(22-11-6-4-7-12-22)34(44)23-13-8-5-9-14-23;;;;;;/h4-19,29-31,33-34,43-44H,20-21H2,1-3H3,(H,41,45);3*1H4;3*1H2/t29-,30+,31-,33+,34-,37-;;;;;;/m0....../s1. The van der Waals surface area contributed by atoms with Crippen molar-refractivity contribution in [1.29, 1.82) is 0 Å². The molecule has 5 nitrogen and oxygen atoms in total. The number of carbonyl (C=O) groups is 1. The quantitative estimate of drug-likeness (QED) is 0.174. The van der Waals surface area contributed by atoms with Gasteiger partial charge in [0.15, 0.2) is 0 Å². The van der Waals surface area contributed by atoms with Gasteiger partial charge in [0.25, 0.3) is 0 Å². The summed E-state index contributed by atoms with van der Waals surface area (Å²) < 4.78 is 16.3. The van der Waals surface area contributed by atoms with Gasteiger partial charge in [-0.1, -0.05) is 145 Å². The molecule has 6 rings (SSSR count). The molecule has 1 saturated heterocycles. The Kier molecular flexibility index (Phi) is 18.4. The Morgan fingerprint density at radius 2 is 1.43 bits per heavy atom. The van der Waals surface area contributed by atoms with Crippen LogP contribution >= 0.6 is 63.7 Å². The number of fused-ring (bicyclic) bond motifs is 2. The Morgan fingerprint density at radius 1 is 0.863 bits per heavy atom. The fraction of sp³-hybridized carbons (Fsp3) is 0.375. The molecular weight excluding hydrogens is 743 g/mol. The van der Waals surface area contributed by atoms with Crippen molar-refractivity contribution in [2.75, 3.05) is 11.9 Å². The van der Waals surface area contributed by atoms with Gasteiger partial charge in [-0.15, -0.1) is 0 Å². The molecule has 51 heavy (non-hydrogen) atoms. The Morgan fingerprint density at radius 3 is 1.98 bits per heavy atom. The van der Waals surface area contributed by atoms with E-state index in [9.17, 15) is 15.0 Å². The molecule has 3 N–H and O–H groups in total. The lowest BCUT2D eigenvalue weighted by molar-refractivity contribution is -0.123. The highest BCUT2D eigenvalue weighted by atomic mass is 35.5. The number of amides is 1. The SMILES string of the molecule is C.C.C.CC(C)(C)C[C@H]1N([C@H](c2ccccc2)[C@@H](O)c2ccccc2)[C@@H](CO)[C@H](c2cccc(Cl)c2F)[C@@]12C(=O)Nc1cc(Cl)ccc12.S.S.S. The number of rotatable bonds is 7. The lowest BCUT2D eigenvalue weighted by Crippen LogP contribution is -2.52. The summed E-state index contributed by atoms with van der Waals surface area (Å²) in [4.78, 5) is 16.9. The minimum absolute atomic E-state index is 0. The number of aliphatic hydroxyl groups excluding tert-OH is 2. The van der Waals surface area contributed by atoms with Gasteiger partial charge in [0.05, 0.1) is 23.8 Å². The van der Waals surface area contributed by atoms with Crippen LogP contribution in [0.15, 0.2) is 97.1 Å². The van der Waals surface area contributed by atoms with Gasteiger partial charge in [0, 0.05) is 28.7 Å². The number of carbonyl (C=O) groups excluding carboxylic acids is 1. The second-order valence-corrected chi connectivity index (χ2v) is 14.2. The Labute approximate surface area is 335 Å². The van der Waals surface area contributed by atoms with E-state index in [0.29, 0.717) is 28.3 Å². The van der Waals surface area contributed by atoms with Crippen molar-refractivity contribution >= 4 is 75.3 Å². The number of likely N-dealkylation sites (tertiary alicyclic amines) is 1. The van der Waals surface area contributed by atoms with Crippen LogP contribution in [0, 0.1) is 11.2 Å². The molecule has 0 radical (unpaired) electrons. The largest absolute Gasteiger partial charge is 0.395 e. The van der Waals surface area contributed by atoms with Gasteiger partial charge in [0.1, 0.15) is 11.2 Å². The number of anilines is 1. The van der Waals surface area contributed by atoms with Gasteiger partial charge in [-0.3, -0.25) is 9.69 Å². The molecule has 0 saturated carbocycles. The van der Waals surface area contributed by atoms with Crippen molar-refractivity contribution in [2.24, 2.45) is 5.41 Å². The predicted octanol–water partition coefficient (Wildman–Crippen LogP) is 10.3. The van der Waals surface area contributed by atoms with Gasteiger partial charge in [-0.25, -0.2) is 4.39 Å². The summed E-state index contributed by atoms with van der Waals surface area (Å²) in [6, 6.07) is 27.0. The fourth-order valence-electron chi connectivity index (χ4n) is 7.78.